The molecule has 0 radical (unpaired) electrons. The second kappa shape index (κ2) is 3.05. The molecule has 0 aliphatic heterocycles. The summed E-state index contributed by atoms with van der Waals surface area (Å²) in [5.74, 6) is -1.36. The van der Waals surface area contributed by atoms with Crippen molar-refractivity contribution in [2.75, 3.05) is 0 Å². The van der Waals surface area contributed by atoms with E-state index in [9.17, 15) is 9.90 Å². The highest BCUT2D eigenvalue weighted by Gasteiger charge is 2.17. The third-order valence-electron chi connectivity index (χ3n) is 2.05. The third kappa shape index (κ3) is 1.47. The predicted octanol–water partition coefficient (Wildman–Crippen LogP) is 1.41. The molecule has 0 unspecified atom stereocenters. The topological polar surface area (TPSA) is 70.4 Å². The summed E-state index contributed by atoms with van der Waals surface area (Å²) in [7, 11) is 0. The van der Waals surface area contributed by atoms with E-state index in [4.69, 9.17) is 5.11 Å². The van der Waals surface area contributed by atoms with Gasteiger partial charge in [-0.3, -0.25) is 4.98 Å². The SMILES string of the molecule is Cc1nc(C)c(O)c(C(=O)O)c1C. The van der Waals surface area contributed by atoms with E-state index < -0.39 is 5.97 Å². The summed E-state index contributed by atoms with van der Waals surface area (Å²) in [6, 6.07) is 0. The lowest BCUT2D eigenvalue weighted by Crippen LogP contribution is -2.05. The molecule has 0 spiro atoms. The first-order valence-corrected chi connectivity index (χ1v) is 3.85. The number of hydrogen-bond donors (Lipinski definition) is 2. The molecule has 1 aromatic rings. The molecule has 1 rings (SSSR count). The highest BCUT2D eigenvalue weighted by molar-refractivity contribution is 5.92. The summed E-state index contributed by atoms with van der Waals surface area (Å²) in [5, 5.41) is 18.2. The monoisotopic (exact) mass is 181 g/mol. The fourth-order valence-corrected chi connectivity index (χ4v) is 1.19. The van der Waals surface area contributed by atoms with Crippen molar-refractivity contribution >= 4 is 5.97 Å². The van der Waals surface area contributed by atoms with Gasteiger partial charge in [0.25, 0.3) is 0 Å². The van der Waals surface area contributed by atoms with Gasteiger partial charge in [-0.25, -0.2) is 4.79 Å². The smallest absolute Gasteiger partial charge is 0.339 e. The molecule has 0 atom stereocenters. The van der Waals surface area contributed by atoms with Crippen LogP contribution in [0.5, 0.6) is 5.75 Å². The zero-order valence-corrected chi connectivity index (χ0v) is 7.75. The van der Waals surface area contributed by atoms with Crippen molar-refractivity contribution in [1.82, 2.24) is 4.98 Å². The molecule has 0 aromatic carbocycles. The van der Waals surface area contributed by atoms with Crippen LogP contribution in [-0.2, 0) is 0 Å². The average molecular weight is 181 g/mol. The minimum atomic E-state index is -1.12. The predicted molar refractivity (Wildman–Crippen MR) is 47.1 cm³/mol. The number of aromatic hydroxyl groups is 1. The normalized spacial score (nSPS) is 10.1. The molecule has 13 heavy (non-hydrogen) atoms. The summed E-state index contributed by atoms with van der Waals surface area (Å²) in [6.45, 7) is 4.92. The molecule has 4 heteroatoms. The Hall–Kier alpha value is -1.58. The Morgan fingerprint density at radius 2 is 1.77 bits per heavy atom. The van der Waals surface area contributed by atoms with Crippen molar-refractivity contribution in [3.05, 3.63) is 22.5 Å². The number of aromatic nitrogens is 1. The number of aromatic carboxylic acids is 1. The number of carboxylic acid groups (broad SMARTS) is 1. The lowest BCUT2D eigenvalue weighted by molar-refractivity contribution is 0.0692. The summed E-state index contributed by atoms with van der Waals surface area (Å²) >= 11 is 0. The number of nitrogens with zero attached hydrogens (tertiary/aromatic N) is 1. The fourth-order valence-electron chi connectivity index (χ4n) is 1.19. The number of carboxylic acids is 1. The highest BCUT2D eigenvalue weighted by Crippen LogP contribution is 2.25. The molecule has 0 amide bonds. The van der Waals surface area contributed by atoms with Gasteiger partial charge in [0.1, 0.15) is 5.56 Å². The molecule has 0 bridgehead atoms. The molecule has 0 fully saturated rings. The fraction of sp³-hybridized carbons (Fsp3) is 0.333. The van der Waals surface area contributed by atoms with Crippen LogP contribution in [0.25, 0.3) is 0 Å². The molecule has 2 N–H and O–H groups in total. The number of aryl methyl sites for hydroxylation is 2. The van der Waals surface area contributed by atoms with E-state index in [0.29, 0.717) is 17.0 Å². The van der Waals surface area contributed by atoms with Gasteiger partial charge in [-0.15, -0.1) is 0 Å². The molecule has 0 saturated heterocycles. The van der Waals surface area contributed by atoms with Crippen LogP contribution in [0.2, 0.25) is 0 Å². The van der Waals surface area contributed by atoms with Crippen molar-refractivity contribution in [3.63, 3.8) is 0 Å². The number of carbonyl (C=O) groups is 1. The van der Waals surface area contributed by atoms with Gasteiger partial charge in [0, 0.05) is 5.69 Å². The Labute approximate surface area is 75.9 Å². The van der Waals surface area contributed by atoms with E-state index in [2.05, 4.69) is 4.98 Å². The van der Waals surface area contributed by atoms with Crippen molar-refractivity contribution in [2.24, 2.45) is 0 Å². The summed E-state index contributed by atoms with van der Waals surface area (Å²) in [5.41, 5.74) is 1.44. The lowest BCUT2D eigenvalue weighted by atomic mass is 10.1. The van der Waals surface area contributed by atoms with Crippen LogP contribution in [0.3, 0.4) is 0 Å². The number of hydrogen-bond acceptors (Lipinski definition) is 3. The van der Waals surface area contributed by atoms with Crippen LogP contribution in [0.1, 0.15) is 27.3 Å². The van der Waals surface area contributed by atoms with Gasteiger partial charge in [-0.2, -0.15) is 0 Å². The van der Waals surface area contributed by atoms with E-state index in [-0.39, 0.29) is 11.3 Å². The van der Waals surface area contributed by atoms with Crippen molar-refractivity contribution in [3.8, 4) is 5.75 Å². The lowest BCUT2D eigenvalue weighted by Gasteiger charge is -2.08. The van der Waals surface area contributed by atoms with Crippen LogP contribution in [0.4, 0.5) is 0 Å². The second-order valence-corrected chi connectivity index (χ2v) is 2.94. The van der Waals surface area contributed by atoms with Crippen molar-refractivity contribution in [2.45, 2.75) is 20.8 Å². The van der Waals surface area contributed by atoms with Crippen LogP contribution in [-0.4, -0.2) is 21.2 Å². The summed E-state index contributed by atoms with van der Waals surface area (Å²) in [6.07, 6.45) is 0. The molecule has 1 aromatic heterocycles. The number of rotatable bonds is 1. The van der Waals surface area contributed by atoms with Gasteiger partial charge >= 0.3 is 5.97 Å². The second-order valence-electron chi connectivity index (χ2n) is 2.94. The quantitative estimate of drug-likeness (QED) is 0.687. The molecule has 0 aliphatic carbocycles. The minimum Gasteiger partial charge on any atom is -0.505 e. The minimum absolute atomic E-state index is 0.0509. The molecule has 1 heterocycles. The summed E-state index contributed by atoms with van der Waals surface area (Å²) in [4.78, 5) is 14.8. The van der Waals surface area contributed by atoms with Gasteiger partial charge in [0.15, 0.2) is 5.75 Å². The first-order chi connectivity index (χ1) is 5.95. The first kappa shape index (κ1) is 9.51. The first-order valence-electron chi connectivity index (χ1n) is 3.85. The molecule has 0 saturated carbocycles. The van der Waals surface area contributed by atoms with Gasteiger partial charge < -0.3 is 10.2 Å². The van der Waals surface area contributed by atoms with Gasteiger partial charge in [-0.1, -0.05) is 0 Å². The van der Waals surface area contributed by atoms with Crippen LogP contribution in [0.15, 0.2) is 0 Å². The summed E-state index contributed by atoms with van der Waals surface area (Å²) < 4.78 is 0. The maximum absolute atomic E-state index is 10.8. The van der Waals surface area contributed by atoms with E-state index >= 15 is 0 Å². The Bertz CT molecular complexity index is 345. The zero-order valence-electron chi connectivity index (χ0n) is 7.75. The molecular formula is C9H11NO3. The largest absolute Gasteiger partial charge is 0.505 e. The maximum atomic E-state index is 10.8. The van der Waals surface area contributed by atoms with E-state index in [0.717, 1.165) is 0 Å². The highest BCUT2D eigenvalue weighted by atomic mass is 16.4. The average Bonchev–Trinajstić information content (AvgIpc) is 2.01. The van der Waals surface area contributed by atoms with Crippen LogP contribution >= 0.6 is 0 Å². The van der Waals surface area contributed by atoms with Crippen molar-refractivity contribution in [1.29, 1.82) is 0 Å². The number of pyridine rings is 1. The van der Waals surface area contributed by atoms with Gasteiger partial charge in [-0.05, 0) is 26.3 Å². The van der Waals surface area contributed by atoms with Gasteiger partial charge in [0.2, 0.25) is 0 Å². The Morgan fingerprint density at radius 1 is 1.23 bits per heavy atom. The third-order valence-corrected chi connectivity index (χ3v) is 2.05. The standard InChI is InChI=1S/C9H11NO3/c1-4-5(2)10-6(3)8(11)7(4)9(12)13/h11H,1-3H3,(H,12,13). The molecule has 70 valence electrons. The van der Waals surface area contributed by atoms with Crippen molar-refractivity contribution < 1.29 is 15.0 Å². The van der Waals surface area contributed by atoms with E-state index in [1.165, 1.54) is 0 Å². The van der Waals surface area contributed by atoms with E-state index in [1.54, 1.807) is 20.8 Å². The Balaban J connectivity index is 3.56. The Morgan fingerprint density at radius 3 is 2.23 bits per heavy atom. The molecular weight excluding hydrogens is 170 g/mol. The molecule has 4 nitrogen and oxygen atoms in total. The van der Waals surface area contributed by atoms with E-state index in [1.807, 2.05) is 0 Å². The van der Waals surface area contributed by atoms with Crippen LogP contribution < -0.4 is 0 Å². The Kier molecular flexibility index (Phi) is 2.23. The maximum Gasteiger partial charge on any atom is 0.339 e. The zero-order chi connectivity index (χ0) is 10.2. The molecule has 0 aliphatic rings. The van der Waals surface area contributed by atoms with Crippen LogP contribution in [0, 0.1) is 20.8 Å². The van der Waals surface area contributed by atoms with Gasteiger partial charge in [0.05, 0.1) is 5.69 Å².